The van der Waals surface area contributed by atoms with Gasteiger partial charge in [-0.2, -0.15) is 15.0 Å². The van der Waals surface area contributed by atoms with E-state index in [1.165, 1.54) is 36.1 Å². The lowest BCUT2D eigenvalue weighted by molar-refractivity contribution is -0.154. The van der Waals surface area contributed by atoms with Gasteiger partial charge < -0.3 is 20.7 Å². The average molecular weight is 374 g/mol. The van der Waals surface area contributed by atoms with E-state index in [2.05, 4.69) is 20.3 Å². The lowest BCUT2D eigenvalue weighted by atomic mass is 10.2. The van der Waals surface area contributed by atoms with E-state index in [-0.39, 0.29) is 36.1 Å². The van der Waals surface area contributed by atoms with Gasteiger partial charge in [0.1, 0.15) is 11.9 Å². The van der Waals surface area contributed by atoms with E-state index in [0.717, 1.165) is 6.42 Å². The largest absolute Gasteiger partial charge is 0.456 e. The summed E-state index contributed by atoms with van der Waals surface area (Å²) in [6, 6.07) is 5.03. The number of hydrogen-bond donors (Lipinski definition) is 2. The molecule has 0 radical (unpaired) electrons. The van der Waals surface area contributed by atoms with Crippen LogP contribution in [0.4, 0.5) is 22.0 Å². The number of esters is 1. The molecule has 0 bridgehead atoms. The molecule has 3 rings (SSSR count). The second-order valence-corrected chi connectivity index (χ2v) is 6.04. The Morgan fingerprint density at radius 3 is 2.74 bits per heavy atom. The second kappa shape index (κ2) is 7.94. The highest BCUT2D eigenvalue weighted by Gasteiger charge is 2.33. The Bertz CT molecular complexity index is 845. The molecular formula is C17H19FN6O3. The molecule has 0 aliphatic carbocycles. The Balaban J connectivity index is 1.65. The number of hydrogen-bond acceptors (Lipinski definition) is 8. The predicted octanol–water partition coefficient (Wildman–Crippen LogP) is 1.39. The molecule has 1 aromatic heterocycles. The predicted molar refractivity (Wildman–Crippen MR) is 94.1 cm³/mol. The van der Waals surface area contributed by atoms with Crippen molar-refractivity contribution in [3.63, 3.8) is 0 Å². The molecular weight excluding hydrogens is 355 g/mol. The minimum atomic E-state index is -0.585. The van der Waals surface area contributed by atoms with Gasteiger partial charge in [-0.05, 0) is 37.1 Å². The molecule has 0 saturated carbocycles. The van der Waals surface area contributed by atoms with Crippen molar-refractivity contribution >= 4 is 29.5 Å². The quantitative estimate of drug-likeness (QED) is 0.753. The van der Waals surface area contributed by atoms with E-state index < -0.39 is 12.0 Å². The van der Waals surface area contributed by atoms with E-state index in [4.69, 9.17) is 10.5 Å². The van der Waals surface area contributed by atoms with E-state index in [1.54, 1.807) is 0 Å². The number of benzene rings is 1. The Morgan fingerprint density at radius 1 is 1.30 bits per heavy atom. The highest BCUT2D eigenvalue weighted by molar-refractivity contribution is 5.83. The normalized spacial score (nSPS) is 16.2. The molecule has 1 aliphatic heterocycles. The van der Waals surface area contributed by atoms with E-state index in [9.17, 15) is 14.0 Å². The minimum Gasteiger partial charge on any atom is -0.456 e. The number of ether oxygens (including phenoxy) is 1. The minimum absolute atomic E-state index is 0.0492. The van der Waals surface area contributed by atoms with Crippen LogP contribution in [0.2, 0.25) is 0 Å². The summed E-state index contributed by atoms with van der Waals surface area (Å²) >= 11 is 0. The number of aromatic nitrogens is 3. The molecule has 1 unspecified atom stereocenters. The topological polar surface area (TPSA) is 123 Å². The average Bonchev–Trinajstić information content (AvgIpc) is 3.11. The molecule has 0 spiro atoms. The van der Waals surface area contributed by atoms with E-state index in [0.29, 0.717) is 18.7 Å². The van der Waals surface area contributed by atoms with E-state index in [1.807, 2.05) is 0 Å². The molecule has 142 valence electrons. The van der Waals surface area contributed by atoms with Gasteiger partial charge in [-0.1, -0.05) is 0 Å². The Labute approximate surface area is 154 Å². The summed E-state index contributed by atoms with van der Waals surface area (Å²) in [4.78, 5) is 37.3. The SMILES string of the molecule is CC(=O)N1CCCC1C(=O)OCc1nc(N)nc(Nc2ccc(F)cc2)n1. The molecule has 10 heteroatoms. The maximum absolute atomic E-state index is 13.0. The first kappa shape index (κ1) is 18.5. The zero-order chi connectivity index (χ0) is 19.4. The van der Waals surface area contributed by atoms with Gasteiger partial charge >= 0.3 is 5.97 Å². The highest BCUT2D eigenvalue weighted by atomic mass is 19.1. The van der Waals surface area contributed by atoms with Gasteiger partial charge in [0.15, 0.2) is 12.4 Å². The maximum Gasteiger partial charge on any atom is 0.329 e. The number of nitrogens with one attached hydrogen (secondary N) is 1. The van der Waals surface area contributed by atoms with E-state index >= 15 is 0 Å². The van der Waals surface area contributed by atoms with Crippen molar-refractivity contribution < 1.29 is 18.7 Å². The number of rotatable bonds is 5. The Hall–Kier alpha value is -3.30. The summed E-state index contributed by atoms with van der Waals surface area (Å²) in [5.41, 5.74) is 6.23. The number of halogens is 1. The molecule has 1 aliphatic rings. The second-order valence-electron chi connectivity index (χ2n) is 6.04. The lowest BCUT2D eigenvalue weighted by Crippen LogP contribution is -2.40. The zero-order valence-electron chi connectivity index (χ0n) is 14.7. The molecule has 2 aromatic rings. The van der Waals surface area contributed by atoms with Gasteiger partial charge in [0.25, 0.3) is 0 Å². The molecule has 3 N–H and O–H groups in total. The summed E-state index contributed by atoms with van der Waals surface area (Å²) in [7, 11) is 0. The first-order valence-electron chi connectivity index (χ1n) is 8.39. The van der Waals surface area contributed by atoms with Crippen molar-refractivity contribution in [3.8, 4) is 0 Å². The van der Waals surface area contributed by atoms with Crippen molar-refractivity contribution in [2.45, 2.75) is 32.4 Å². The van der Waals surface area contributed by atoms with Crippen LogP contribution in [0.3, 0.4) is 0 Å². The molecule has 2 heterocycles. The maximum atomic E-state index is 13.0. The molecule has 1 atom stereocenters. The van der Waals surface area contributed by atoms with Crippen molar-refractivity contribution in [2.24, 2.45) is 0 Å². The monoisotopic (exact) mass is 374 g/mol. The first-order valence-corrected chi connectivity index (χ1v) is 8.39. The smallest absolute Gasteiger partial charge is 0.329 e. The van der Waals surface area contributed by atoms with Crippen LogP contribution in [0.15, 0.2) is 24.3 Å². The number of amides is 1. The third kappa shape index (κ3) is 4.66. The van der Waals surface area contributed by atoms with Crippen LogP contribution in [-0.2, 0) is 20.9 Å². The number of nitrogens with zero attached hydrogens (tertiary/aromatic N) is 4. The number of likely N-dealkylation sites (tertiary alicyclic amines) is 1. The van der Waals surface area contributed by atoms with Gasteiger partial charge in [-0.25, -0.2) is 9.18 Å². The number of nitrogen functional groups attached to an aromatic ring is 1. The number of carbonyl (C=O) groups excluding carboxylic acids is 2. The van der Waals surface area contributed by atoms with Crippen LogP contribution in [-0.4, -0.2) is 44.3 Å². The summed E-state index contributed by atoms with van der Waals surface area (Å²) < 4.78 is 18.2. The molecule has 1 aromatic carbocycles. The third-order valence-corrected chi connectivity index (χ3v) is 4.07. The molecule has 1 saturated heterocycles. The summed E-state index contributed by atoms with van der Waals surface area (Å²) in [6.07, 6.45) is 1.32. The zero-order valence-corrected chi connectivity index (χ0v) is 14.7. The van der Waals surface area contributed by atoms with Crippen molar-refractivity contribution in [2.75, 3.05) is 17.6 Å². The molecule has 9 nitrogen and oxygen atoms in total. The molecule has 1 amide bonds. The third-order valence-electron chi connectivity index (χ3n) is 4.07. The fraction of sp³-hybridized carbons (Fsp3) is 0.353. The lowest BCUT2D eigenvalue weighted by Gasteiger charge is -2.21. The Morgan fingerprint density at radius 2 is 2.04 bits per heavy atom. The molecule has 1 fully saturated rings. The highest BCUT2D eigenvalue weighted by Crippen LogP contribution is 2.19. The first-order chi connectivity index (χ1) is 12.9. The van der Waals surface area contributed by atoms with Gasteiger partial charge in [0.2, 0.25) is 17.8 Å². The van der Waals surface area contributed by atoms with Crippen LogP contribution in [0.5, 0.6) is 0 Å². The summed E-state index contributed by atoms with van der Waals surface area (Å²) in [5.74, 6) is -0.777. The van der Waals surface area contributed by atoms with Crippen molar-refractivity contribution in [1.29, 1.82) is 0 Å². The van der Waals surface area contributed by atoms with Crippen molar-refractivity contribution in [3.05, 3.63) is 35.9 Å². The van der Waals surface area contributed by atoms with Crippen molar-refractivity contribution in [1.82, 2.24) is 19.9 Å². The van der Waals surface area contributed by atoms with Gasteiger partial charge in [-0.15, -0.1) is 0 Å². The number of carbonyl (C=O) groups is 2. The van der Waals surface area contributed by atoms with Crippen LogP contribution in [0.25, 0.3) is 0 Å². The summed E-state index contributed by atoms with van der Waals surface area (Å²) in [5, 5.41) is 2.87. The standard InChI is InChI=1S/C17H19FN6O3/c1-10(25)24-8-2-3-13(24)15(26)27-9-14-21-16(19)23-17(22-14)20-12-6-4-11(18)5-7-12/h4-7,13H,2-3,8-9H2,1H3,(H3,19,20,21,22,23). The number of anilines is 3. The molecule has 27 heavy (non-hydrogen) atoms. The van der Waals surface area contributed by atoms with Crippen LogP contribution in [0.1, 0.15) is 25.6 Å². The van der Waals surface area contributed by atoms with Crippen LogP contribution < -0.4 is 11.1 Å². The fourth-order valence-corrected chi connectivity index (χ4v) is 2.84. The summed E-state index contributed by atoms with van der Waals surface area (Å²) in [6.45, 7) is 1.76. The fourth-order valence-electron chi connectivity index (χ4n) is 2.84. The van der Waals surface area contributed by atoms with Crippen LogP contribution in [0, 0.1) is 5.82 Å². The number of nitrogens with two attached hydrogens (primary N) is 1. The van der Waals surface area contributed by atoms with Gasteiger partial charge in [-0.3, -0.25) is 4.79 Å². The Kier molecular flexibility index (Phi) is 5.43. The van der Waals surface area contributed by atoms with Crippen LogP contribution >= 0.6 is 0 Å². The van der Waals surface area contributed by atoms with Gasteiger partial charge in [0, 0.05) is 19.2 Å². The van der Waals surface area contributed by atoms with Gasteiger partial charge in [0.05, 0.1) is 0 Å².